The van der Waals surface area contributed by atoms with Crippen LogP contribution >= 0.6 is 11.8 Å². The van der Waals surface area contributed by atoms with Crippen LogP contribution in [0.25, 0.3) is 0 Å². The summed E-state index contributed by atoms with van der Waals surface area (Å²) in [5.41, 5.74) is 5.14. The first-order chi connectivity index (χ1) is 13.6. The average molecular weight is 396 g/mol. The van der Waals surface area contributed by atoms with Crippen LogP contribution in [-0.4, -0.2) is 39.2 Å². The quantitative estimate of drug-likeness (QED) is 0.198. The minimum absolute atomic E-state index is 0.0562. The maximum Gasteiger partial charge on any atom is 0.264 e. The molecule has 1 heterocycles. The van der Waals surface area contributed by atoms with Crippen molar-refractivity contribution in [1.82, 2.24) is 14.9 Å². The lowest BCUT2D eigenvalue weighted by molar-refractivity contribution is 0.102. The third-order valence-corrected chi connectivity index (χ3v) is 4.85. The highest BCUT2D eigenvalue weighted by Crippen LogP contribution is 2.20. The number of nitrogens with two attached hydrogens (primary N) is 1. The predicted octanol–water partition coefficient (Wildman–Crippen LogP) is 2.81. The molecule has 0 unspecified atom stereocenters. The van der Waals surface area contributed by atoms with Crippen LogP contribution in [0.1, 0.15) is 22.8 Å². The molecule has 0 saturated heterocycles. The van der Waals surface area contributed by atoms with E-state index in [2.05, 4.69) is 20.7 Å². The maximum atomic E-state index is 12.4. The van der Waals surface area contributed by atoms with E-state index in [1.165, 1.54) is 16.4 Å². The number of thioether (sulfide) groups is 1. The van der Waals surface area contributed by atoms with Gasteiger partial charge in [0.25, 0.3) is 5.95 Å². The number of nitrogen functional groups attached to an aromatic ring is 1. The molecule has 0 fully saturated rings. The van der Waals surface area contributed by atoms with Gasteiger partial charge >= 0.3 is 0 Å². The van der Waals surface area contributed by atoms with Gasteiger partial charge in [-0.25, -0.2) is 10.1 Å². The van der Waals surface area contributed by atoms with Crippen LogP contribution in [-0.2, 0) is 0 Å². The molecule has 3 N–H and O–H groups in total. The van der Waals surface area contributed by atoms with Gasteiger partial charge in [-0.05, 0) is 24.6 Å². The van der Waals surface area contributed by atoms with Gasteiger partial charge in [0.15, 0.2) is 5.78 Å². The van der Waals surface area contributed by atoms with Crippen molar-refractivity contribution in [2.24, 2.45) is 5.10 Å². The number of methoxy groups -OCH3 is 1. The molecule has 2 aromatic carbocycles. The van der Waals surface area contributed by atoms with Crippen LogP contribution in [0, 0.1) is 0 Å². The molecular formula is C19H20N6O2S. The molecule has 3 aromatic rings. The van der Waals surface area contributed by atoms with E-state index >= 15 is 0 Å². The fraction of sp³-hybridized carbons (Fsp3) is 0.158. The number of hydrogen-bond acceptors (Lipinski definition) is 8. The fourth-order valence-electron chi connectivity index (χ4n) is 2.34. The summed E-state index contributed by atoms with van der Waals surface area (Å²) in [4.78, 5) is 12.4. The number of aromatic nitrogens is 3. The summed E-state index contributed by atoms with van der Waals surface area (Å²) in [6.45, 7) is 1.88. The van der Waals surface area contributed by atoms with Gasteiger partial charge in [0.05, 0.1) is 18.6 Å². The predicted molar refractivity (Wildman–Crippen MR) is 110 cm³/mol. The Morgan fingerprint density at radius 3 is 2.68 bits per heavy atom. The number of carbonyl (C=O) groups is 1. The second-order valence-electron chi connectivity index (χ2n) is 5.80. The van der Waals surface area contributed by atoms with Crippen molar-refractivity contribution >= 4 is 29.2 Å². The van der Waals surface area contributed by atoms with E-state index in [1.807, 2.05) is 37.3 Å². The molecule has 0 aliphatic rings. The molecule has 0 aliphatic heterocycles. The lowest BCUT2D eigenvalue weighted by Gasteiger charge is -2.05. The molecule has 0 atom stereocenters. The first-order valence-corrected chi connectivity index (χ1v) is 9.43. The summed E-state index contributed by atoms with van der Waals surface area (Å²) in [5, 5.41) is 12.7. The van der Waals surface area contributed by atoms with Gasteiger partial charge in [0, 0.05) is 5.56 Å². The smallest absolute Gasteiger partial charge is 0.264 e. The van der Waals surface area contributed by atoms with Crippen molar-refractivity contribution in [2.75, 3.05) is 24.1 Å². The van der Waals surface area contributed by atoms with Gasteiger partial charge in [-0.1, -0.05) is 54.2 Å². The zero-order chi connectivity index (χ0) is 19.9. The Balaban J connectivity index is 1.62. The van der Waals surface area contributed by atoms with Gasteiger partial charge in [-0.2, -0.15) is 5.10 Å². The van der Waals surface area contributed by atoms with Crippen LogP contribution in [0.5, 0.6) is 5.75 Å². The Kier molecular flexibility index (Phi) is 6.28. The first kappa shape index (κ1) is 19.4. The first-order valence-electron chi connectivity index (χ1n) is 8.44. The minimum Gasteiger partial charge on any atom is -0.497 e. The maximum absolute atomic E-state index is 12.4. The molecule has 1 aromatic heterocycles. The summed E-state index contributed by atoms with van der Waals surface area (Å²) in [7, 11) is 1.56. The fourth-order valence-corrected chi connectivity index (χ4v) is 3.09. The van der Waals surface area contributed by atoms with Crippen molar-refractivity contribution in [2.45, 2.75) is 12.1 Å². The number of anilines is 1. The third kappa shape index (κ3) is 4.68. The van der Waals surface area contributed by atoms with Crippen LogP contribution in [0.2, 0.25) is 0 Å². The van der Waals surface area contributed by atoms with E-state index in [1.54, 1.807) is 31.4 Å². The van der Waals surface area contributed by atoms with E-state index in [-0.39, 0.29) is 17.5 Å². The Hall–Kier alpha value is -3.33. The van der Waals surface area contributed by atoms with E-state index in [0.29, 0.717) is 16.5 Å². The summed E-state index contributed by atoms with van der Waals surface area (Å²) >= 11 is 1.20. The Labute approximate surface area is 166 Å². The lowest BCUT2D eigenvalue weighted by Crippen LogP contribution is -2.14. The molecular weight excluding hydrogens is 376 g/mol. The SMILES string of the molecule is COc1cccc(C(=O)CSc2nnc(N/N=C(\C)c3ccccc3)n2N)c1. The van der Waals surface area contributed by atoms with E-state index in [9.17, 15) is 4.79 Å². The molecule has 3 rings (SSSR count). The molecule has 0 spiro atoms. The molecule has 28 heavy (non-hydrogen) atoms. The van der Waals surface area contributed by atoms with Crippen molar-refractivity contribution in [3.05, 3.63) is 65.7 Å². The number of benzene rings is 2. The zero-order valence-electron chi connectivity index (χ0n) is 15.5. The monoisotopic (exact) mass is 396 g/mol. The molecule has 0 saturated carbocycles. The number of ketones is 1. The largest absolute Gasteiger partial charge is 0.497 e. The number of hydrazone groups is 1. The number of hydrogen-bond donors (Lipinski definition) is 2. The van der Waals surface area contributed by atoms with E-state index in [4.69, 9.17) is 10.6 Å². The normalized spacial score (nSPS) is 11.3. The highest BCUT2D eigenvalue weighted by Gasteiger charge is 2.13. The summed E-state index contributed by atoms with van der Waals surface area (Å²) < 4.78 is 6.41. The molecule has 0 aliphatic carbocycles. The van der Waals surface area contributed by atoms with Gasteiger partial charge in [-0.3, -0.25) is 4.79 Å². The highest BCUT2D eigenvalue weighted by atomic mass is 32.2. The number of ether oxygens (including phenoxy) is 1. The topological polar surface area (TPSA) is 107 Å². The van der Waals surface area contributed by atoms with Crippen molar-refractivity contribution in [3.8, 4) is 5.75 Å². The standard InChI is InChI=1S/C19H20N6O2S/c1-13(14-7-4-3-5-8-14)21-22-18-23-24-19(25(18)20)28-12-17(26)15-9-6-10-16(11-15)27-2/h3-11H,12,20H2,1-2H3,(H,22,23)/b21-13+. The molecule has 0 bridgehead atoms. The second-order valence-corrected chi connectivity index (χ2v) is 6.74. The minimum atomic E-state index is -0.0562. The van der Waals surface area contributed by atoms with Crippen LogP contribution in [0.4, 0.5) is 5.95 Å². The van der Waals surface area contributed by atoms with Gasteiger partial charge < -0.3 is 10.6 Å². The third-order valence-electron chi connectivity index (χ3n) is 3.90. The Bertz CT molecular complexity index is 987. The number of nitrogens with zero attached hydrogens (tertiary/aromatic N) is 4. The molecule has 8 nitrogen and oxygen atoms in total. The van der Waals surface area contributed by atoms with Crippen molar-refractivity contribution in [3.63, 3.8) is 0 Å². The van der Waals surface area contributed by atoms with Crippen LogP contribution in [0.15, 0.2) is 64.9 Å². The molecule has 9 heteroatoms. The number of Topliss-reactive ketones (excluding diaryl/α,β-unsaturated/α-hetero) is 1. The molecule has 144 valence electrons. The number of carbonyl (C=O) groups excluding carboxylic acids is 1. The Morgan fingerprint density at radius 1 is 1.18 bits per heavy atom. The van der Waals surface area contributed by atoms with Gasteiger partial charge in [-0.15, -0.1) is 10.2 Å². The highest BCUT2D eigenvalue weighted by molar-refractivity contribution is 7.99. The number of nitrogens with one attached hydrogen (secondary N) is 1. The summed E-state index contributed by atoms with van der Waals surface area (Å²) in [6, 6.07) is 16.7. The van der Waals surface area contributed by atoms with Crippen molar-refractivity contribution < 1.29 is 9.53 Å². The summed E-state index contributed by atoms with van der Waals surface area (Å²) in [5.74, 6) is 7.04. The van der Waals surface area contributed by atoms with Crippen molar-refractivity contribution in [1.29, 1.82) is 0 Å². The molecule has 0 amide bonds. The van der Waals surface area contributed by atoms with Crippen LogP contribution in [0.3, 0.4) is 0 Å². The van der Waals surface area contributed by atoms with E-state index in [0.717, 1.165) is 11.3 Å². The van der Waals surface area contributed by atoms with Gasteiger partial charge in [0.1, 0.15) is 5.75 Å². The van der Waals surface area contributed by atoms with E-state index < -0.39 is 0 Å². The second kappa shape index (κ2) is 9.05. The average Bonchev–Trinajstić information content (AvgIpc) is 3.10. The Morgan fingerprint density at radius 2 is 1.93 bits per heavy atom. The van der Waals surface area contributed by atoms with Gasteiger partial charge in [0.2, 0.25) is 5.16 Å². The summed E-state index contributed by atoms with van der Waals surface area (Å²) in [6.07, 6.45) is 0. The number of rotatable bonds is 8. The molecule has 0 radical (unpaired) electrons. The lowest BCUT2D eigenvalue weighted by atomic mass is 10.1. The zero-order valence-corrected chi connectivity index (χ0v) is 16.3. The van der Waals surface area contributed by atoms with Crippen LogP contribution < -0.4 is 16.0 Å².